The number of aryl methyl sites for hydroxylation is 1. The minimum Gasteiger partial charge on any atom is -0.508 e. The first-order valence-corrected chi connectivity index (χ1v) is 9.33. The Labute approximate surface area is 123 Å². The van der Waals surface area contributed by atoms with Gasteiger partial charge in [-0.15, -0.1) is 23.5 Å². The van der Waals surface area contributed by atoms with Crippen molar-refractivity contribution >= 4 is 23.5 Å². The average molecular weight is 292 g/mol. The third-order valence-corrected chi connectivity index (χ3v) is 8.70. The average Bonchev–Trinajstić information content (AvgIpc) is 2.86. The van der Waals surface area contributed by atoms with Crippen LogP contribution in [0.3, 0.4) is 0 Å². The molecule has 1 aromatic carbocycles. The summed E-state index contributed by atoms with van der Waals surface area (Å²) in [5, 5.41) is 9.68. The molecule has 0 unspecified atom stereocenters. The van der Waals surface area contributed by atoms with Crippen molar-refractivity contribution in [3.63, 3.8) is 0 Å². The number of rotatable bonds is 0. The van der Waals surface area contributed by atoms with Crippen LogP contribution in [-0.2, 0) is 6.42 Å². The third kappa shape index (κ3) is 2.09. The van der Waals surface area contributed by atoms with E-state index in [4.69, 9.17) is 0 Å². The fourth-order valence-electron chi connectivity index (χ4n) is 4.19. The fourth-order valence-corrected chi connectivity index (χ4v) is 7.55. The highest BCUT2D eigenvalue weighted by atomic mass is 32.2. The summed E-state index contributed by atoms with van der Waals surface area (Å²) in [7, 11) is 0. The molecule has 2 atom stereocenters. The van der Waals surface area contributed by atoms with Crippen molar-refractivity contribution in [2.24, 2.45) is 5.92 Å². The maximum Gasteiger partial charge on any atom is 0.115 e. The van der Waals surface area contributed by atoms with Crippen molar-refractivity contribution in [3.05, 3.63) is 29.3 Å². The van der Waals surface area contributed by atoms with Crippen LogP contribution in [0.2, 0.25) is 0 Å². The molecule has 102 valence electrons. The third-order valence-electron chi connectivity index (χ3n) is 5.12. The van der Waals surface area contributed by atoms with E-state index in [1.165, 1.54) is 42.8 Å². The van der Waals surface area contributed by atoms with Crippen LogP contribution in [0, 0.1) is 5.92 Å². The van der Waals surface area contributed by atoms with Crippen LogP contribution < -0.4 is 0 Å². The van der Waals surface area contributed by atoms with E-state index in [1.54, 1.807) is 5.56 Å². The van der Waals surface area contributed by atoms with Crippen LogP contribution >= 0.6 is 23.5 Å². The van der Waals surface area contributed by atoms with Gasteiger partial charge in [-0.05, 0) is 67.2 Å². The van der Waals surface area contributed by atoms with Gasteiger partial charge in [0.1, 0.15) is 5.75 Å². The van der Waals surface area contributed by atoms with Crippen LogP contribution in [0.15, 0.2) is 18.2 Å². The van der Waals surface area contributed by atoms with Crippen LogP contribution in [0.25, 0.3) is 0 Å². The molecule has 1 nitrogen and oxygen atoms in total. The van der Waals surface area contributed by atoms with Crippen LogP contribution in [-0.4, -0.2) is 20.7 Å². The molecule has 1 heterocycles. The predicted molar refractivity (Wildman–Crippen MR) is 84.2 cm³/mol. The van der Waals surface area contributed by atoms with Gasteiger partial charge in [0.25, 0.3) is 0 Å². The molecule has 1 N–H and O–H groups in total. The van der Waals surface area contributed by atoms with E-state index in [0.29, 0.717) is 9.83 Å². The quantitative estimate of drug-likeness (QED) is 0.765. The van der Waals surface area contributed by atoms with E-state index < -0.39 is 0 Å². The lowest BCUT2D eigenvalue weighted by atomic mass is 9.68. The Hall–Kier alpha value is -0.280. The molecule has 0 radical (unpaired) electrons. The molecule has 1 aliphatic heterocycles. The largest absolute Gasteiger partial charge is 0.508 e. The first kappa shape index (κ1) is 12.5. The first-order valence-electron chi connectivity index (χ1n) is 7.35. The van der Waals surface area contributed by atoms with Crippen molar-refractivity contribution in [2.45, 2.75) is 42.1 Å². The minimum absolute atomic E-state index is 0.437. The number of hydrogen-bond donors (Lipinski definition) is 1. The second kappa shape index (κ2) is 4.63. The number of fused-ring (bicyclic) bond motifs is 3. The molecule has 3 aliphatic rings. The molecule has 1 saturated carbocycles. The molecule has 1 aromatic rings. The fraction of sp³-hybridized carbons (Fsp3) is 0.625. The highest BCUT2D eigenvalue weighted by molar-refractivity contribution is 8.21. The van der Waals surface area contributed by atoms with Gasteiger partial charge in [-0.25, -0.2) is 0 Å². The van der Waals surface area contributed by atoms with E-state index >= 15 is 0 Å². The van der Waals surface area contributed by atoms with Crippen molar-refractivity contribution in [2.75, 3.05) is 11.5 Å². The highest BCUT2D eigenvalue weighted by Crippen LogP contribution is 2.59. The summed E-state index contributed by atoms with van der Waals surface area (Å²) in [5.74, 6) is 4.75. The highest BCUT2D eigenvalue weighted by Gasteiger charge is 2.45. The Morgan fingerprint density at radius 3 is 2.84 bits per heavy atom. The van der Waals surface area contributed by atoms with E-state index in [1.807, 2.05) is 12.1 Å². The summed E-state index contributed by atoms with van der Waals surface area (Å²) >= 11 is 4.43. The van der Waals surface area contributed by atoms with E-state index in [9.17, 15) is 5.11 Å². The van der Waals surface area contributed by atoms with Crippen LogP contribution in [0.1, 0.15) is 42.7 Å². The number of hydrogen-bond acceptors (Lipinski definition) is 3. The summed E-state index contributed by atoms with van der Waals surface area (Å²) in [6.07, 6.45) is 6.66. The number of aromatic hydroxyl groups is 1. The second-order valence-electron chi connectivity index (χ2n) is 6.14. The van der Waals surface area contributed by atoms with Crippen LogP contribution in [0.4, 0.5) is 0 Å². The zero-order valence-corrected chi connectivity index (χ0v) is 12.7. The minimum atomic E-state index is 0.437. The maximum absolute atomic E-state index is 9.68. The Morgan fingerprint density at radius 2 is 2.00 bits per heavy atom. The van der Waals surface area contributed by atoms with E-state index in [2.05, 4.69) is 29.6 Å². The van der Waals surface area contributed by atoms with Crippen LogP contribution in [0.5, 0.6) is 5.75 Å². The molecule has 2 aliphatic carbocycles. The topological polar surface area (TPSA) is 20.2 Å². The number of thioether (sulfide) groups is 2. The Kier molecular flexibility index (Phi) is 3.03. The number of phenolic OH excluding ortho intramolecular Hbond substituents is 1. The van der Waals surface area contributed by atoms with Crippen molar-refractivity contribution in [3.8, 4) is 5.75 Å². The Balaban J connectivity index is 1.68. The maximum atomic E-state index is 9.68. The monoisotopic (exact) mass is 292 g/mol. The van der Waals surface area contributed by atoms with Gasteiger partial charge in [0.05, 0.1) is 4.08 Å². The second-order valence-corrected chi connectivity index (χ2v) is 9.35. The lowest BCUT2D eigenvalue weighted by Gasteiger charge is -2.44. The Morgan fingerprint density at radius 1 is 1.16 bits per heavy atom. The molecule has 1 saturated heterocycles. The molecule has 4 rings (SSSR count). The van der Waals surface area contributed by atoms with E-state index in [-0.39, 0.29) is 0 Å². The number of phenols is 1. The van der Waals surface area contributed by atoms with Gasteiger partial charge < -0.3 is 5.11 Å². The van der Waals surface area contributed by atoms with Gasteiger partial charge >= 0.3 is 0 Å². The van der Waals surface area contributed by atoms with Gasteiger partial charge in [-0.3, -0.25) is 0 Å². The zero-order chi connectivity index (χ0) is 12.9. The van der Waals surface area contributed by atoms with E-state index in [0.717, 1.165) is 18.3 Å². The molecule has 1 spiro atoms. The summed E-state index contributed by atoms with van der Waals surface area (Å²) in [6, 6.07) is 6.09. The number of benzene rings is 1. The molecular weight excluding hydrogens is 272 g/mol. The summed E-state index contributed by atoms with van der Waals surface area (Å²) in [6.45, 7) is 0. The zero-order valence-electron chi connectivity index (χ0n) is 11.1. The molecule has 0 bridgehead atoms. The summed E-state index contributed by atoms with van der Waals surface area (Å²) in [4.78, 5) is 0. The summed E-state index contributed by atoms with van der Waals surface area (Å²) < 4.78 is 0.521. The Bertz CT molecular complexity index is 494. The van der Waals surface area contributed by atoms with Gasteiger partial charge in [-0.2, -0.15) is 0 Å². The lowest BCUT2D eigenvalue weighted by Crippen LogP contribution is -2.34. The first-order chi connectivity index (χ1) is 9.26. The molecular formula is C16H20OS2. The van der Waals surface area contributed by atoms with Gasteiger partial charge in [0.2, 0.25) is 0 Å². The normalized spacial score (nSPS) is 32.0. The van der Waals surface area contributed by atoms with Crippen molar-refractivity contribution in [1.29, 1.82) is 0 Å². The smallest absolute Gasteiger partial charge is 0.115 e. The standard InChI is InChI=1S/C16H20OS2/c17-13-3-4-14-12(9-13)2-1-11-5-6-16(10-15(11)14)18-7-8-19-16/h3-4,9,11,15,17H,1-2,5-8,10H2/t11-,15-/m0/s1. The van der Waals surface area contributed by atoms with Gasteiger partial charge in [0.15, 0.2) is 0 Å². The van der Waals surface area contributed by atoms with Crippen molar-refractivity contribution < 1.29 is 5.11 Å². The summed E-state index contributed by atoms with van der Waals surface area (Å²) in [5.41, 5.74) is 2.95. The molecule has 0 amide bonds. The molecule has 0 aromatic heterocycles. The SMILES string of the molecule is Oc1ccc2c(c1)CC[C@H]1CCC3(C[C@H]21)SCCS3. The van der Waals surface area contributed by atoms with Gasteiger partial charge in [-0.1, -0.05) is 6.07 Å². The predicted octanol–water partition coefficient (Wildman–Crippen LogP) is 4.40. The molecule has 2 fully saturated rings. The lowest BCUT2D eigenvalue weighted by molar-refractivity contribution is 0.271. The molecule has 3 heteroatoms. The van der Waals surface area contributed by atoms with Gasteiger partial charge in [0, 0.05) is 11.5 Å². The molecule has 19 heavy (non-hydrogen) atoms. The van der Waals surface area contributed by atoms with Crippen molar-refractivity contribution in [1.82, 2.24) is 0 Å².